The number of cyclic esters (lactones) is 1. The highest BCUT2D eigenvalue weighted by Gasteiger charge is 2.23. The van der Waals surface area contributed by atoms with Crippen LogP contribution in [-0.2, 0) is 35.0 Å². The normalized spacial score (nSPS) is 21.3. The summed E-state index contributed by atoms with van der Waals surface area (Å²) in [6.45, 7) is 0.574. The third kappa shape index (κ3) is 7.32. The molecule has 1 unspecified atom stereocenters. The Morgan fingerprint density at radius 1 is 0.920 bits per heavy atom. The van der Waals surface area contributed by atoms with Gasteiger partial charge in [-0.25, -0.2) is 4.79 Å². The van der Waals surface area contributed by atoms with Crippen molar-refractivity contribution in [2.24, 2.45) is 0 Å². The predicted octanol–water partition coefficient (Wildman–Crippen LogP) is -0.580. The molecule has 1 saturated heterocycles. The van der Waals surface area contributed by atoms with Crippen molar-refractivity contribution >= 4 is 17.8 Å². The Bertz CT molecular complexity index is 578. The molecule has 1 aromatic carbocycles. The van der Waals surface area contributed by atoms with Gasteiger partial charge in [-0.1, -0.05) is 30.3 Å². The first-order valence-corrected chi connectivity index (χ1v) is 8.08. The fourth-order valence-corrected chi connectivity index (χ4v) is 2.21. The van der Waals surface area contributed by atoms with Gasteiger partial charge in [-0.15, -0.1) is 0 Å². The molecule has 1 fully saturated rings. The highest BCUT2D eigenvalue weighted by Crippen LogP contribution is 2.07. The van der Waals surface area contributed by atoms with E-state index in [2.05, 4.69) is 10.6 Å². The first-order valence-electron chi connectivity index (χ1n) is 8.08. The van der Waals surface area contributed by atoms with Crippen molar-refractivity contribution in [2.45, 2.75) is 12.5 Å². The van der Waals surface area contributed by atoms with E-state index in [0.717, 1.165) is 5.56 Å². The predicted molar refractivity (Wildman–Crippen MR) is 87.7 cm³/mol. The number of hydrogen-bond donors (Lipinski definition) is 2. The number of esters is 1. The maximum absolute atomic E-state index is 12.3. The van der Waals surface area contributed by atoms with Crippen LogP contribution in [0.4, 0.5) is 0 Å². The number of benzene rings is 1. The van der Waals surface area contributed by atoms with E-state index in [4.69, 9.17) is 14.2 Å². The van der Waals surface area contributed by atoms with Crippen LogP contribution in [0.2, 0.25) is 0 Å². The third-order valence-electron chi connectivity index (χ3n) is 3.40. The number of hydrogen-bond acceptors (Lipinski definition) is 6. The Hall–Kier alpha value is -2.45. The van der Waals surface area contributed by atoms with E-state index < -0.39 is 24.6 Å². The van der Waals surface area contributed by atoms with Crippen molar-refractivity contribution in [3.8, 4) is 0 Å². The van der Waals surface area contributed by atoms with Crippen LogP contribution in [0.5, 0.6) is 0 Å². The minimum absolute atomic E-state index is 0.250. The Labute approximate surface area is 145 Å². The van der Waals surface area contributed by atoms with Gasteiger partial charge in [0.25, 0.3) is 5.91 Å². The fourth-order valence-electron chi connectivity index (χ4n) is 2.21. The average molecular weight is 350 g/mol. The van der Waals surface area contributed by atoms with Gasteiger partial charge in [0, 0.05) is 19.5 Å². The van der Waals surface area contributed by atoms with Gasteiger partial charge in [-0.05, 0) is 5.56 Å². The smallest absolute Gasteiger partial charge is 0.332 e. The molecule has 0 aromatic heterocycles. The van der Waals surface area contributed by atoms with Crippen LogP contribution in [0.15, 0.2) is 30.3 Å². The summed E-state index contributed by atoms with van der Waals surface area (Å²) in [7, 11) is 0. The molecule has 8 nitrogen and oxygen atoms in total. The molecular weight excluding hydrogens is 328 g/mol. The van der Waals surface area contributed by atoms with E-state index in [1.807, 2.05) is 30.3 Å². The highest BCUT2D eigenvalue weighted by molar-refractivity contribution is 5.84. The Morgan fingerprint density at radius 3 is 2.40 bits per heavy atom. The summed E-state index contributed by atoms with van der Waals surface area (Å²) in [4.78, 5) is 35.7. The quantitative estimate of drug-likeness (QED) is 0.692. The zero-order valence-corrected chi connectivity index (χ0v) is 13.9. The molecule has 1 heterocycles. The fraction of sp³-hybridized carbons (Fsp3) is 0.471. The molecule has 8 heteroatoms. The van der Waals surface area contributed by atoms with Crippen LogP contribution in [0.25, 0.3) is 0 Å². The van der Waals surface area contributed by atoms with Crippen molar-refractivity contribution in [1.82, 2.24) is 10.6 Å². The van der Waals surface area contributed by atoms with Gasteiger partial charge in [-0.3, -0.25) is 9.59 Å². The topological polar surface area (TPSA) is 103 Å². The average Bonchev–Trinajstić information content (AvgIpc) is 2.60. The molecule has 25 heavy (non-hydrogen) atoms. The van der Waals surface area contributed by atoms with Gasteiger partial charge < -0.3 is 24.8 Å². The van der Waals surface area contributed by atoms with E-state index in [1.54, 1.807) is 0 Å². The molecular formula is C17H22N2O6. The molecule has 2 rings (SSSR count). The molecule has 0 spiro atoms. The number of carbonyl (C=O) groups excluding carboxylic acids is 3. The first kappa shape index (κ1) is 18.9. The maximum atomic E-state index is 12.3. The first-order chi connectivity index (χ1) is 12.1. The second-order valence-corrected chi connectivity index (χ2v) is 5.41. The van der Waals surface area contributed by atoms with Crippen LogP contribution in [-0.4, -0.2) is 63.4 Å². The summed E-state index contributed by atoms with van der Waals surface area (Å²) in [5.41, 5.74) is 0.866. The van der Waals surface area contributed by atoms with Gasteiger partial charge in [0.05, 0.1) is 13.2 Å². The van der Waals surface area contributed by atoms with E-state index in [0.29, 0.717) is 19.8 Å². The molecule has 1 aliphatic rings. The van der Waals surface area contributed by atoms with Crippen molar-refractivity contribution in [1.29, 1.82) is 0 Å². The van der Waals surface area contributed by atoms with Gasteiger partial charge in [0.2, 0.25) is 5.91 Å². The number of nitrogens with one attached hydrogen (secondary N) is 2. The van der Waals surface area contributed by atoms with Gasteiger partial charge in [0.1, 0.15) is 13.2 Å². The molecule has 1 atom stereocenters. The molecule has 1 aromatic rings. The van der Waals surface area contributed by atoms with Crippen LogP contribution in [0.1, 0.15) is 5.56 Å². The molecule has 0 bridgehead atoms. The molecule has 1 aliphatic heterocycles. The summed E-state index contributed by atoms with van der Waals surface area (Å²) in [6.07, 6.45) is -0.725. The lowest BCUT2D eigenvalue weighted by Gasteiger charge is -2.17. The third-order valence-corrected chi connectivity index (χ3v) is 3.40. The number of rotatable bonds is 2. The molecule has 0 radical (unpaired) electrons. The molecule has 136 valence electrons. The van der Waals surface area contributed by atoms with Crippen LogP contribution < -0.4 is 10.6 Å². The SMILES string of the molecule is O=C1COCC(=O)OC(Cc2ccccc2)C(=O)NCCOCCN1. The lowest BCUT2D eigenvalue weighted by molar-refractivity contribution is -0.160. The lowest BCUT2D eigenvalue weighted by atomic mass is 10.1. The maximum Gasteiger partial charge on any atom is 0.332 e. The summed E-state index contributed by atoms with van der Waals surface area (Å²) in [5.74, 6) is -1.44. The zero-order chi connectivity index (χ0) is 17.9. The number of amides is 2. The minimum Gasteiger partial charge on any atom is -0.450 e. The minimum atomic E-state index is -0.975. The number of ether oxygens (including phenoxy) is 3. The van der Waals surface area contributed by atoms with Crippen molar-refractivity contribution in [2.75, 3.05) is 39.5 Å². The van der Waals surface area contributed by atoms with Gasteiger partial charge in [-0.2, -0.15) is 0 Å². The summed E-state index contributed by atoms with van der Waals surface area (Å²) >= 11 is 0. The van der Waals surface area contributed by atoms with E-state index in [1.165, 1.54) is 0 Å². The Kier molecular flexibility index (Phi) is 7.87. The highest BCUT2D eigenvalue weighted by atomic mass is 16.6. The summed E-state index contributed by atoms with van der Waals surface area (Å²) in [5, 5.41) is 5.27. The second-order valence-electron chi connectivity index (χ2n) is 5.41. The molecule has 2 amide bonds. The van der Waals surface area contributed by atoms with Gasteiger partial charge in [0.15, 0.2) is 6.10 Å². The van der Waals surface area contributed by atoms with Crippen molar-refractivity contribution in [3.05, 3.63) is 35.9 Å². The van der Waals surface area contributed by atoms with Crippen molar-refractivity contribution in [3.63, 3.8) is 0 Å². The van der Waals surface area contributed by atoms with Crippen LogP contribution in [0.3, 0.4) is 0 Å². The zero-order valence-electron chi connectivity index (χ0n) is 13.9. The van der Waals surface area contributed by atoms with E-state index in [9.17, 15) is 14.4 Å². The largest absolute Gasteiger partial charge is 0.450 e. The molecule has 0 aliphatic carbocycles. The second kappa shape index (κ2) is 10.4. The monoisotopic (exact) mass is 350 g/mol. The van der Waals surface area contributed by atoms with Crippen LogP contribution >= 0.6 is 0 Å². The Morgan fingerprint density at radius 2 is 1.64 bits per heavy atom. The van der Waals surface area contributed by atoms with E-state index in [-0.39, 0.29) is 25.5 Å². The molecule has 0 saturated carbocycles. The van der Waals surface area contributed by atoms with Gasteiger partial charge >= 0.3 is 5.97 Å². The van der Waals surface area contributed by atoms with E-state index >= 15 is 0 Å². The summed E-state index contributed by atoms with van der Waals surface area (Å²) in [6, 6.07) is 9.25. The lowest BCUT2D eigenvalue weighted by Crippen LogP contribution is -2.41. The molecule has 2 N–H and O–H groups in total. The summed E-state index contributed by atoms with van der Waals surface area (Å²) < 4.78 is 15.5. The Balaban J connectivity index is 1.99. The van der Waals surface area contributed by atoms with Crippen molar-refractivity contribution < 1.29 is 28.6 Å². The van der Waals surface area contributed by atoms with Crippen LogP contribution in [0, 0.1) is 0 Å². The number of carbonyl (C=O) groups is 3. The standard InChI is InChI=1S/C17H22N2O6/c20-15-11-24-12-16(21)25-14(10-13-4-2-1-3-5-13)17(22)19-7-9-23-8-6-18-15/h1-5,14H,6-12H2,(H,18,20)(H,19,22).